The van der Waals surface area contributed by atoms with E-state index in [1.807, 2.05) is 69.4 Å². The molecule has 0 saturated carbocycles. The van der Waals surface area contributed by atoms with Crippen LogP contribution in [0.4, 0.5) is 11.6 Å². The van der Waals surface area contributed by atoms with Crippen LogP contribution in [0.3, 0.4) is 0 Å². The number of nitrogens with zero attached hydrogens (tertiary/aromatic N) is 6. The van der Waals surface area contributed by atoms with Crippen molar-refractivity contribution in [2.75, 3.05) is 17.6 Å². The summed E-state index contributed by atoms with van der Waals surface area (Å²) in [5.74, 6) is 6.32. The summed E-state index contributed by atoms with van der Waals surface area (Å²) < 4.78 is 4.85. The third kappa shape index (κ3) is 5.93. The van der Waals surface area contributed by atoms with Gasteiger partial charge in [0.15, 0.2) is 5.82 Å². The van der Waals surface area contributed by atoms with Crippen molar-refractivity contribution in [2.45, 2.75) is 20.3 Å². The first-order chi connectivity index (χ1) is 20.2. The van der Waals surface area contributed by atoms with Crippen molar-refractivity contribution in [2.24, 2.45) is 19.8 Å². The zero-order valence-corrected chi connectivity index (χ0v) is 24.0. The molecule has 5 rings (SSSR count). The number of nitrogens with two attached hydrogens (primary N) is 2. The van der Waals surface area contributed by atoms with Gasteiger partial charge in [-0.15, -0.1) is 6.58 Å². The largest absolute Gasteiger partial charge is 0.381 e. The molecule has 4 heterocycles. The Morgan fingerprint density at radius 2 is 1.83 bits per heavy atom. The van der Waals surface area contributed by atoms with E-state index in [0.717, 1.165) is 22.5 Å². The average molecular weight is 564 g/mol. The second-order valence-electron chi connectivity index (χ2n) is 9.35. The Kier molecular flexibility index (Phi) is 8.87. The van der Waals surface area contributed by atoms with E-state index in [4.69, 9.17) is 16.5 Å². The van der Waals surface area contributed by atoms with E-state index in [9.17, 15) is 9.59 Å². The molecule has 4 aromatic heterocycles. The number of aryl methyl sites for hydroxylation is 3. The third-order valence-corrected chi connectivity index (χ3v) is 6.62. The summed E-state index contributed by atoms with van der Waals surface area (Å²) in [4.78, 5) is 29.2. The molecule has 1 amide bonds. The highest BCUT2D eigenvalue weighted by atomic mass is 16.1. The van der Waals surface area contributed by atoms with E-state index < -0.39 is 5.91 Å². The molecule has 1 aromatic carbocycles. The standard InChI is InChI=1S/C23H20N4O.C8H13N5O/c1-4-20-22(17-9-6-5-7-10-17)23(28)27-19(11-8-12-21(27)25-20)14-13-18-15-24-26(3)16(18)2;1-3-4-11-8-5(7(10)14)6(9)12-13(8)2/h5-12,15H,4H2,1-3H3;3,11H,1,4H2,2H3,(H2,9,12)(H2,10,14). The number of amides is 1. The predicted molar refractivity (Wildman–Crippen MR) is 165 cm³/mol. The molecule has 0 spiro atoms. The first-order valence-corrected chi connectivity index (χ1v) is 13.3. The van der Waals surface area contributed by atoms with E-state index in [2.05, 4.69) is 33.9 Å². The van der Waals surface area contributed by atoms with Crippen LogP contribution in [0.15, 0.2) is 72.2 Å². The minimum atomic E-state index is -0.595. The number of primary amides is 1. The van der Waals surface area contributed by atoms with Gasteiger partial charge in [0.1, 0.15) is 22.7 Å². The Hall–Kier alpha value is -5.63. The summed E-state index contributed by atoms with van der Waals surface area (Å²) in [7, 11) is 3.56. The number of nitrogens with one attached hydrogen (secondary N) is 1. The highest BCUT2D eigenvalue weighted by Gasteiger charge is 2.18. The van der Waals surface area contributed by atoms with Gasteiger partial charge in [0, 0.05) is 20.6 Å². The molecule has 0 aliphatic heterocycles. The molecular formula is C31H33N9O2. The number of hydrogen-bond acceptors (Lipinski definition) is 7. The van der Waals surface area contributed by atoms with Gasteiger partial charge >= 0.3 is 0 Å². The molecule has 0 saturated heterocycles. The van der Waals surface area contributed by atoms with Crippen LogP contribution < -0.4 is 22.3 Å². The fourth-order valence-electron chi connectivity index (χ4n) is 4.39. The van der Waals surface area contributed by atoms with Crippen molar-refractivity contribution in [3.63, 3.8) is 0 Å². The maximum absolute atomic E-state index is 13.5. The number of anilines is 2. The van der Waals surface area contributed by atoms with Gasteiger partial charge in [0.2, 0.25) is 0 Å². The van der Waals surface area contributed by atoms with E-state index in [0.29, 0.717) is 35.7 Å². The second-order valence-corrected chi connectivity index (χ2v) is 9.35. The summed E-state index contributed by atoms with van der Waals surface area (Å²) >= 11 is 0. The van der Waals surface area contributed by atoms with Gasteiger partial charge in [-0.2, -0.15) is 10.2 Å². The van der Waals surface area contributed by atoms with Crippen LogP contribution in [0.1, 0.15) is 39.9 Å². The number of hydrogen-bond donors (Lipinski definition) is 3. The maximum Gasteiger partial charge on any atom is 0.267 e. The van der Waals surface area contributed by atoms with Gasteiger partial charge < -0.3 is 16.8 Å². The van der Waals surface area contributed by atoms with Gasteiger partial charge in [0.25, 0.3) is 11.5 Å². The van der Waals surface area contributed by atoms with E-state index in [1.165, 1.54) is 4.68 Å². The van der Waals surface area contributed by atoms with Crippen molar-refractivity contribution < 1.29 is 4.79 Å². The number of pyridine rings is 1. The lowest BCUT2D eigenvalue weighted by Gasteiger charge is -2.11. The van der Waals surface area contributed by atoms with Crippen LogP contribution in [0.25, 0.3) is 16.8 Å². The van der Waals surface area contributed by atoms with Crippen molar-refractivity contribution in [1.29, 1.82) is 0 Å². The molecule has 0 unspecified atom stereocenters. The zero-order chi connectivity index (χ0) is 30.4. The minimum absolute atomic E-state index is 0.0964. The summed E-state index contributed by atoms with van der Waals surface area (Å²) in [5.41, 5.74) is 16.1. The molecule has 0 bridgehead atoms. The smallest absolute Gasteiger partial charge is 0.267 e. The first-order valence-electron chi connectivity index (χ1n) is 13.3. The first kappa shape index (κ1) is 29.4. The Balaban J connectivity index is 0.000000244. The molecule has 214 valence electrons. The highest BCUT2D eigenvalue weighted by molar-refractivity contribution is 6.02. The SMILES string of the molecule is C=CCNc1c(C(N)=O)c(N)nn1C.CCc1nc2cccc(C#Cc3cnn(C)c3C)n2c(=O)c1-c1ccccc1. The molecule has 0 aliphatic rings. The topological polar surface area (TPSA) is 151 Å². The van der Waals surface area contributed by atoms with Crippen LogP contribution in [0.5, 0.6) is 0 Å². The third-order valence-electron chi connectivity index (χ3n) is 6.62. The molecule has 0 atom stereocenters. The van der Waals surface area contributed by atoms with Gasteiger partial charge in [-0.1, -0.05) is 55.3 Å². The lowest BCUT2D eigenvalue weighted by Crippen LogP contribution is -2.21. The number of fused-ring (bicyclic) bond motifs is 1. The molecule has 0 fully saturated rings. The molecular weight excluding hydrogens is 530 g/mol. The Bertz CT molecular complexity index is 1890. The number of carbonyl (C=O) groups excluding carboxylic acids is 1. The van der Waals surface area contributed by atoms with Crippen molar-refractivity contribution in [3.05, 3.63) is 106 Å². The molecule has 11 heteroatoms. The zero-order valence-electron chi connectivity index (χ0n) is 24.0. The van der Waals surface area contributed by atoms with E-state index in [-0.39, 0.29) is 16.9 Å². The molecule has 0 radical (unpaired) electrons. The number of nitrogen functional groups attached to an aromatic ring is 1. The monoisotopic (exact) mass is 563 g/mol. The normalized spacial score (nSPS) is 10.4. The van der Waals surface area contributed by atoms with Gasteiger partial charge in [-0.3, -0.25) is 23.4 Å². The second kappa shape index (κ2) is 12.7. The minimum Gasteiger partial charge on any atom is -0.381 e. The number of carbonyl (C=O) groups is 1. The molecule has 5 aromatic rings. The van der Waals surface area contributed by atoms with Crippen LogP contribution in [-0.4, -0.2) is 41.4 Å². The van der Waals surface area contributed by atoms with Crippen LogP contribution in [0.2, 0.25) is 0 Å². The lowest BCUT2D eigenvalue weighted by atomic mass is 10.0. The molecule has 0 aliphatic carbocycles. The number of rotatable bonds is 6. The Labute approximate surface area is 243 Å². The van der Waals surface area contributed by atoms with Crippen molar-refractivity contribution in [1.82, 2.24) is 28.9 Å². The van der Waals surface area contributed by atoms with Gasteiger partial charge in [0.05, 0.1) is 28.7 Å². The van der Waals surface area contributed by atoms with Crippen molar-refractivity contribution >= 4 is 23.2 Å². The van der Waals surface area contributed by atoms with Crippen molar-refractivity contribution in [3.8, 4) is 23.0 Å². The Morgan fingerprint density at radius 3 is 2.45 bits per heavy atom. The average Bonchev–Trinajstić information content (AvgIpc) is 3.46. The molecule has 11 nitrogen and oxygen atoms in total. The van der Waals surface area contributed by atoms with Crippen LogP contribution in [0, 0.1) is 18.8 Å². The fraction of sp³-hybridized carbons (Fsp3) is 0.194. The fourth-order valence-corrected chi connectivity index (χ4v) is 4.39. The van der Waals surface area contributed by atoms with Gasteiger partial charge in [-0.25, -0.2) is 4.98 Å². The summed E-state index contributed by atoms with van der Waals surface area (Å²) in [5, 5.41) is 11.0. The summed E-state index contributed by atoms with van der Waals surface area (Å²) in [6.07, 6.45) is 4.08. The summed E-state index contributed by atoms with van der Waals surface area (Å²) in [6, 6.07) is 15.2. The number of aromatic nitrogens is 6. The Morgan fingerprint density at radius 1 is 1.10 bits per heavy atom. The molecule has 42 heavy (non-hydrogen) atoms. The van der Waals surface area contributed by atoms with Crippen LogP contribution >= 0.6 is 0 Å². The maximum atomic E-state index is 13.5. The van der Waals surface area contributed by atoms with E-state index >= 15 is 0 Å². The predicted octanol–water partition coefficient (Wildman–Crippen LogP) is 3.06. The van der Waals surface area contributed by atoms with Gasteiger partial charge in [-0.05, 0) is 37.0 Å². The number of benzene rings is 1. The summed E-state index contributed by atoms with van der Waals surface area (Å²) in [6.45, 7) is 8.04. The lowest BCUT2D eigenvalue weighted by molar-refractivity contribution is 0.100. The highest BCUT2D eigenvalue weighted by Crippen LogP contribution is 2.21. The quantitative estimate of drug-likeness (QED) is 0.212. The van der Waals surface area contributed by atoms with Crippen LogP contribution in [-0.2, 0) is 20.5 Å². The van der Waals surface area contributed by atoms with E-state index in [1.54, 1.807) is 28.4 Å². The molecule has 5 N–H and O–H groups in total.